The van der Waals surface area contributed by atoms with Gasteiger partial charge in [0.15, 0.2) is 5.78 Å². The van der Waals surface area contributed by atoms with Crippen LogP contribution < -0.4 is 5.32 Å². The number of nitrogens with one attached hydrogen (secondary N) is 1. The molecule has 21 heavy (non-hydrogen) atoms. The molecule has 1 aliphatic rings. The van der Waals surface area contributed by atoms with Crippen LogP contribution >= 0.6 is 23.1 Å². The molecule has 2 N–H and O–H groups in total. The predicted octanol–water partition coefficient (Wildman–Crippen LogP) is 2.18. The fourth-order valence-electron chi connectivity index (χ4n) is 2.23. The van der Waals surface area contributed by atoms with E-state index in [2.05, 4.69) is 5.32 Å². The molecule has 1 aromatic rings. The highest BCUT2D eigenvalue weighted by atomic mass is 32.2. The van der Waals surface area contributed by atoms with Crippen LogP contribution in [0.15, 0.2) is 17.5 Å². The summed E-state index contributed by atoms with van der Waals surface area (Å²) in [7, 11) is 0. The monoisotopic (exact) mass is 327 g/mol. The Labute approximate surface area is 131 Å². The molecule has 2 rings (SSSR count). The molecule has 1 amide bonds. The highest BCUT2D eigenvalue weighted by molar-refractivity contribution is 7.99. The molecule has 1 fully saturated rings. The third kappa shape index (κ3) is 4.07. The number of carbonyl (C=O) groups is 3. The number of carboxylic acids is 1. The molecule has 1 aromatic heterocycles. The first-order chi connectivity index (χ1) is 10.0. The molecule has 0 aromatic carbocycles. The van der Waals surface area contributed by atoms with Gasteiger partial charge in [0.25, 0.3) is 0 Å². The Bertz CT molecular complexity index is 521. The van der Waals surface area contributed by atoms with Crippen LogP contribution in [0.1, 0.15) is 35.4 Å². The van der Waals surface area contributed by atoms with E-state index in [0.717, 1.165) is 11.5 Å². The number of hydrogen-bond acceptors (Lipinski definition) is 5. The molecule has 7 heteroatoms. The molecule has 0 radical (unpaired) electrons. The maximum Gasteiger partial charge on any atom is 0.329 e. The van der Waals surface area contributed by atoms with Gasteiger partial charge in [-0.2, -0.15) is 11.8 Å². The minimum atomic E-state index is -1.16. The molecular formula is C14H17NO4S2. The average molecular weight is 327 g/mol. The van der Waals surface area contributed by atoms with Crippen molar-refractivity contribution in [2.24, 2.45) is 0 Å². The highest BCUT2D eigenvalue weighted by Gasteiger charge is 2.41. The number of amides is 1. The van der Waals surface area contributed by atoms with Crippen molar-refractivity contribution >= 4 is 40.8 Å². The lowest BCUT2D eigenvalue weighted by Crippen LogP contribution is -2.56. The van der Waals surface area contributed by atoms with E-state index in [1.165, 1.54) is 11.3 Å². The quantitative estimate of drug-likeness (QED) is 0.783. The van der Waals surface area contributed by atoms with Crippen molar-refractivity contribution in [3.63, 3.8) is 0 Å². The van der Waals surface area contributed by atoms with Crippen molar-refractivity contribution in [2.75, 3.05) is 11.5 Å². The van der Waals surface area contributed by atoms with Gasteiger partial charge in [-0.1, -0.05) is 6.07 Å². The second-order valence-corrected chi connectivity index (χ2v) is 7.12. The normalized spacial score (nSPS) is 17.1. The fourth-order valence-corrected chi connectivity index (χ4v) is 4.11. The van der Waals surface area contributed by atoms with E-state index < -0.39 is 11.5 Å². The summed E-state index contributed by atoms with van der Waals surface area (Å²) in [5.41, 5.74) is -1.16. The van der Waals surface area contributed by atoms with Gasteiger partial charge in [0.1, 0.15) is 5.54 Å². The Morgan fingerprint density at radius 1 is 1.24 bits per heavy atom. The standard InChI is InChI=1S/C14H17NO4S2/c16-10(11-2-1-7-21-11)3-4-12(17)15-14(13(18)19)5-8-20-9-6-14/h1-2,7H,3-6,8-9H2,(H,15,17)(H,18,19). The van der Waals surface area contributed by atoms with Crippen LogP contribution in [0.3, 0.4) is 0 Å². The number of hydrogen-bond donors (Lipinski definition) is 2. The van der Waals surface area contributed by atoms with Crippen molar-refractivity contribution in [3.8, 4) is 0 Å². The number of Topliss-reactive ketones (excluding diaryl/α,β-unsaturated/α-hetero) is 1. The molecule has 1 aliphatic heterocycles. The number of aliphatic carboxylic acids is 1. The van der Waals surface area contributed by atoms with Crippen LogP contribution in [0.2, 0.25) is 0 Å². The van der Waals surface area contributed by atoms with E-state index in [1.54, 1.807) is 23.9 Å². The lowest BCUT2D eigenvalue weighted by molar-refractivity contribution is -0.148. The van der Waals surface area contributed by atoms with Gasteiger partial charge in [0.05, 0.1) is 4.88 Å². The fraction of sp³-hybridized carbons (Fsp3) is 0.500. The number of ketones is 1. The summed E-state index contributed by atoms with van der Waals surface area (Å²) in [6.45, 7) is 0. The second-order valence-electron chi connectivity index (χ2n) is 4.95. The summed E-state index contributed by atoms with van der Waals surface area (Å²) in [4.78, 5) is 35.9. The van der Waals surface area contributed by atoms with E-state index >= 15 is 0 Å². The molecule has 0 unspecified atom stereocenters. The van der Waals surface area contributed by atoms with Gasteiger partial charge >= 0.3 is 5.97 Å². The van der Waals surface area contributed by atoms with Crippen molar-refractivity contribution < 1.29 is 19.5 Å². The van der Waals surface area contributed by atoms with E-state index in [1.807, 2.05) is 5.38 Å². The van der Waals surface area contributed by atoms with Crippen LogP contribution in [0.4, 0.5) is 0 Å². The van der Waals surface area contributed by atoms with Crippen molar-refractivity contribution in [1.29, 1.82) is 0 Å². The molecule has 5 nitrogen and oxygen atoms in total. The zero-order chi connectivity index (χ0) is 15.3. The zero-order valence-electron chi connectivity index (χ0n) is 11.5. The van der Waals surface area contributed by atoms with E-state index in [0.29, 0.717) is 17.7 Å². The van der Waals surface area contributed by atoms with Crippen LogP contribution in [0.25, 0.3) is 0 Å². The number of thioether (sulfide) groups is 1. The van der Waals surface area contributed by atoms with Crippen LogP contribution in [-0.2, 0) is 9.59 Å². The molecule has 2 heterocycles. The molecule has 0 spiro atoms. The van der Waals surface area contributed by atoms with Gasteiger partial charge in [-0.15, -0.1) is 11.3 Å². The minimum absolute atomic E-state index is 0.0267. The van der Waals surface area contributed by atoms with Crippen molar-refractivity contribution in [2.45, 2.75) is 31.2 Å². The van der Waals surface area contributed by atoms with Crippen LogP contribution in [-0.4, -0.2) is 39.8 Å². The minimum Gasteiger partial charge on any atom is -0.480 e. The Kier molecular flexibility index (Phi) is 5.41. The summed E-state index contributed by atoms with van der Waals surface area (Å²) in [5.74, 6) is 0.0141. The number of carbonyl (C=O) groups excluding carboxylic acids is 2. The smallest absolute Gasteiger partial charge is 0.329 e. The average Bonchev–Trinajstić information content (AvgIpc) is 3.00. The summed E-state index contributed by atoms with van der Waals surface area (Å²) >= 11 is 3.04. The molecule has 0 bridgehead atoms. The third-order valence-corrected chi connectivity index (χ3v) is 5.41. The number of thiophene rings is 1. The van der Waals surface area contributed by atoms with Gasteiger partial charge < -0.3 is 10.4 Å². The van der Waals surface area contributed by atoms with Crippen molar-refractivity contribution in [1.82, 2.24) is 5.32 Å². The van der Waals surface area contributed by atoms with Crippen LogP contribution in [0.5, 0.6) is 0 Å². The maximum atomic E-state index is 12.0. The highest BCUT2D eigenvalue weighted by Crippen LogP contribution is 2.27. The Hall–Kier alpha value is -1.34. The largest absolute Gasteiger partial charge is 0.480 e. The maximum absolute atomic E-state index is 12.0. The summed E-state index contributed by atoms with van der Waals surface area (Å²) < 4.78 is 0. The van der Waals surface area contributed by atoms with Gasteiger partial charge in [-0.05, 0) is 35.8 Å². The van der Waals surface area contributed by atoms with E-state index in [4.69, 9.17) is 0 Å². The first kappa shape index (κ1) is 16.0. The van der Waals surface area contributed by atoms with E-state index in [9.17, 15) is 19.5 Å². The predicted molar refractivity (Wildman–Crippen MR) is 83.0 cm³/mol. The van der Waals surface area contributed by atoms with Crippen LogP contribution in [0, 0.1) is 0 Å². The first-order valence-electron chi connectivity index (χ1n) is 6.72. The molecule has 0 atom stereocenters. The topological polar surface area (TPSA) is 83.5 Å². The Morgan fingerprint density at radius 3 is 2.52 bits per heavy atom. The zero-order valence-corrected chi connectivity index (χ0v) is 13.1. The SMILES string of the molecule is O=C(CCC(=O)c1cccs1)NC1(C(=O)O)CCSCC1. The molecule has 114 valence electrons. The van der Waals surface area contributed by atoms with Gasteiger partial charge in [-0.25, -0.2) is 4.79 Å². The van der Waals surface area contributed by atoms with E-state index in [-0.39, 0.29) is 24.5 Å². The van der Waals surface area contributed by atoms with Gasteiger partial charge in [-0.3, -0.25) is 9.59 Å². The summed E-state index contributed by atoms with van der Waals surface area (Å²) in [5, 5.41) is 13.8. The lowest BCUT2D eigenvalue weighted by atomic mass is 9.92. The Morgan fingerprint density at radius 2 is 1.95 bits per heavy atom. The Balaban J connectivity index is 1.88. The third-order valence-electron chi connectivity index (χ3n) is 3.51. The summed E-state index contributed by atoms with van der Waals surface area (Å²) in [6.07, 6.45) is 0.991. The molecular weight excluding hydrogens is 310 g/mol. The van der Waals surface area contributed by atoms with Crippen molar-refractivity contribution in [3.05, 3.63) is 22.4 Å². The molecule has 0 aliphatic carbocycles. The number of carboxylic acid groups (broad SMARTS) is 1. The molecule has 1 saturated heterocycles. The molecule has 0 saturated carbocycles. The summed E-state index contributed by atoms with van der Waals surface area (Å²) in [6, 6.07) is 3.51. The lowest BCUT2D eigenvalue weighted by Gasteiger charge is -2.33. The van der Waals surface area contributed by atoms with Gasteiger partial charge in [0, 0.05) is 12.8 Å². The first-order valence-corrected chi connectivity index (χ1v) is 8.76. The van der Waals surface area contributed by atoms with Gasteiger partial charge in [0.2, 0.25) is 5.91 Å². The number of rotatable bonds is 6. The second kappa shape index (κ2) is 7.09.